The lowest BCUT2D eigenvalue weighted by atomic mass is 9.92. The second kappa shape index (κ2) is 3.31. The summed E-state index contributed by atoms with van der Waals surface area (Å²) in [6.45, 7) is 0.146. The third kappa shape index (κ3) is 1.33. The van der Waals surface area contributed by atoms with Crippen molar-refractivity contribution in [3.05, 3.63) is 29.8 Å². The van der Waals surface area contributed by atoms with Crippen LogP contribution in [0.4, 0.5) is 0 Å². The molecule has 4 nitrogen and oxygen atoms in total. The van der Waals surface area contributed by atoms with Gasteiger partial charge in [0.2, 0.25) is 0 Å². The number of para-hydroxylation sites is 1. The third-order valence-corrected chi connectivity index (χ3v) is 2.45. The largest absolute Gasteiger partial charge is 0.492 e. The third-order valence-electron chi connectivity index (χ3n) is 2.45. The van der Waals surface area contributed by atoms with Gasteiger partial charge in [-0.1, -0.05) is 18.2 Å². The molecule has 1 aliphatic heterocycles. The molecule has 0 saturated heterocycles. The molecule has 0 fully saturated rings. The van der Waals surface area contributed by atoms with E-state index in [1.54, 1.807) is 12.1 Å². The Kier molecular flexibility index (Phi) is 2.13. The van der Waals surface area contributed by atoms with E-state index in [2.05, 4.69) is 0 Å². The van der Waals surface area contributed by atoms with E-state index in [4.69, 9.17) is 15.6 Å². The number of carboxylic acid groups (broad SMARTS) is 1. The average molecular weight is 193 g/mol. The lowest BCUT2D eigenvalue weighted by molar-refractivity contribution is -0.144. The smallest absolute Gasteiger partial charge is 0.311 e. The molecule has 1 aromatic carbocycles. The normalized spacial score (nSPS) is 24.9. The predicted molar refractivity (Wildman–Crippen MR) is 50.0 cm³/mol. The van der Waals surface area contributed by atoms with E-state index in [0.717, 1.165) is 5.56 Å². The van der Waals surface area contributed by atoms with Gasteiger partial charge in [-0.15, -0.1) is 0 Å². The molecule has 0 amide bonds. The second-order valence-corrected chi connectivity index (χ2v) is 3.32. The topological polar surface area (TPSA) is 72.5 Å². The van der Waals surface area contributed by atoms with Crippen LogP contribution in [0.25, 0.3) is 0 Å². The lowest BCUT2D eigenvalue weighted by Gasteiger charge is -2.28. The van der Waals surface area contributed by atoms with Crippen LogP contribution in [-0.4, -0.2) is 17.7 Å². The van der Waals surface area contributed by atoms with Crippen molar-refractivity contribution in [3.63, 3.8) is 0 Å². The fourth-order valence-electron chi connectivity index (χ4n) is 1.61. The van der Waals surface area contributed by atoms with Crippen molar-refractivity contribution in [1.29, 1.82) is 0 Å². The van der Waals surface area contributed by atoms with Crippen LogP contribution < -0.4 is 10.5 Å². The molecule has 14 heavy (non-hydrogen) atoms. The van der Waals surface area contributed by atoms with E-state index in [0.29, 0.717) is 5.75 Å². The summed E-state index contributed by atoms with van der Waals surface area (Å²) >= 11 is 0. The van der Waals surface area contributed by atoms with Crippen molar-refractivity contribution in [3.8, 4) is 5.75 Å². The number of ether oxygens (including phenoxy) is 1. The minimum Gasteiger partial charge on any atom is -0.492 e. The van der Waals surface area contributed by atoms with Gasteiger partial charge < -0.3 is 15.6 Å². The highest BCUT2D eigenvalue weighted by molar-refractivity contribution is 5.72. The highest BCUT2D eigenvalue weighted by Crippen LogP contribution is 2.33. The van der Waals surface area contributed by atoms with E-state index in [-0.39, 0.29) is 6.61 Å². The summed E-state index contributed by atoms with van der Waals surface area (Å²) in [4.78, 5) is 10.8. The van der Waals surface area contributed by atoms with Crippen molar-refractivity contribution in [2.45, 2.75) is 6.04 Å². The molecule has 4 heteroatoms. The van der Waals surface area contributed by atoms with Crippen LogP contribution in [0.5, 0.6) is 5.75 Å². The summed E-state index contributed by atoms with van der Waals surface area (Å²) in [5, 5.41) is 8.87. The Balaban J connectivity index is 2.36. The summed E-state index contributed by atoms with van der Waals surface area (Å²) in [6.07, 6.45) is 0. The van der Waals surface area contributed by atoms with E-state index < -0.39 is 17.9 Å². The van der Waals surface area contributed by atoms with Crippen LogP contribution in [0.1, 0.15) is 11.6 Å². The summed E-state index contributed by atoms with van der Waals surface area (Å²) in [6, 6.07) is 6.79. The summed E-state index contributed by atoms with van der Waals surface area (Å²) in [5.74, 6) is -0.866. The van der Waals surface area contributed by atoms with Gasteiger partial charge >= 0.3 is 5.97 Å². The molecule has 0 aliphatic carbocycles. The van der Waals surface area contributed by atoms with Gasteiger partial charge in [-0.2, -0.15) is 0 Å². The zero-order valence-corrected chi connectivity index (χ0v) is 7.51. The second-order valence-electron chi connectivity index (χ2n) is 3.32. The van der Waals surface area contributed by atoms with Crippen LogP contribution >= 0.6 is 0 Å². The Hall–Kier alpha value is -1.55. The highest BCUT2D eigenvalue weighted by atomic mass is 16.5. The number of carbonyl (C=O) groups is 1. The number of rotatable bonds is 1. The first-order valence-electron chi connectivity index (χ1n) is 4.40. The monoisotopic (exact) mass is 193 g/mol. The highest BCUT2D eigenvalue weighted by Gasteiger charge is 2.32. The van der Waals surface area contributed by atoms with E-state index in [1.165, 1.54) is 0 Å². The first-order chi connectivity index (χ1) is 6.70. The Labute approximate surface area is 81.3 Å². The molecule has 1 heterocycles. The molecule has 0 aromatic heterocycles. The summed E-state index contributed by atoms with van der Waals surface area (Å²) < 4.78 is 5.31. The average Bonchev–Trinajstić information content (AvgIpc) is 2.18. The maximum absolute atomic E-state index is 10.8. The van der Waals surface area contributed by atoms with E-state index in [1.807, 2.05) is 12.1 Å². The molecule has 2 rings (SSSR count). The number of benzene rings is 1. The molecule has 0 saturated carbocycles. The Morgan fingerprint density at radius 1 is 1.50 bits per heavy atom. The first kappa shape index (κ1) is 9.02. The van der Waals surface area contributed by atoms with Gasteiger partial charge in [0, 0.05) is 11.6 Å². The van der Waals surface area contributed by atoms with Gasteiger partial charge in [-0.05, 0) is 6.07 Å². The molecule has 0 radical (unpaired) electrons. The fraction of sp³-hybridized carbons (Fsp3) is 0.300. The number of nitrogens with two attached hydrogens (primary N) is 1. The van der Waals surface area contributed by atoms with Gasteiger partial charge in [0.15, 0.2) is 0 Å². The molecule has 0 spiro atoms. The van der Waals surface area contributed by atoms with E-state index >= 15 is 0 Å². The Morgan fingerprint density at radius 2 is 2.21 bits per heavy atom. The van der Waals surface area contributed by atoms with Crippen LogP contribution in [0.3, 0.4) is 0 Å². The van der Waals surface area contributed by atoms with Crippen molar-refractivity contribution in [1.82, 2.24) is 0 Å². The SMILES string of the molecule is NC1c2ccccc2OCC1C(=O)O. The van der Waals surface area contributed by atoms with Crippen LogP contribution in [0, 0.1) is 5.92 Å². The standard InChI is InChI=1S/C10H11NO3/c11-9-6-3-1-2-4-8(6)14-5-7(9)10(12)13/h1-4,7,9H,5,11H2,(H,12,13). The van der Waals surface area contributed by atoms with Gasteiger partial charge in [-0.3, -0.25) is 4.79 Å². The number of aliphatic carboxylic acids is 1. The Morgan fingerprint density at radius 3 is 2.93 bits per heavy atom. The molecular formula is C10H11NO3. The van der Waals surface area contributed by atoms with Gasteiger partial charge in [0.05, 0.1) is 0 Å². The fourth-order valence-corrected chi connectivity index (χ4v) is 1.61. The summed E-state index contributed by atoms with van der Waals surface area (Å²) in [5.41, 5.74) is 6.60. The van der Waals surface area contributed by atoms with E-state index in [9.17, 15) is 4.79 Å². The zero-order chi connectivity index (χ0) is 10.1. The van der Waals surface area contributed by atoms with Crippen molar-refractivity contribution in [2.75, 3.05) is 6.61 Å². The maximum atomic E-state index is 10.8. The number of fused-ring (bicyclic) bond motifs is 1. The maximum Gasteiger partial charge on any atom is 0.311 e. The number of hydrogen-bond donors (Lipinski definition) is 2. The minimum atomic E-state index is -0.910. The molecule has 2 atom stereocenters. The molecule has 2 unspecified atom stereocenters. The summed E-state index contributed by atoms with van der Waals surface area (Å²) in [7, 11) is 0. The van der Waals surface area contributed by atoms with Crippen LogP contribution in [0.2, 0.25) is 0 Å². The molecule has 1 aliphatic rings. The molecule has 1 aromatic rings. The van der Waals surface area contributed by atoms with Crippen LogP contribution in [0.15, 0.2) is 24.3 Å². The van der Waals surface area contributed by atoms with Gasteiger partial charge in [0.1, 0.15) is 18.3 Å². The van der Waals surface area contributed by atoms with Gasteiger partial charge in [0.25, 0.3) is 0 Å². The molecule has 3 N–H and O–H groups in total. The first-order valence-corrected chi connectivity index (χ1v) is 4.40. The number of hydrogen-bond acceptors (Lipinski definition) is 3. The quantitative estimate of drug-likeness (QED) is 0.691. The molecule has 74 valence electrons. The zero-order valence-electron chi connectivity index (χ0n) is 7.51. The van der Waals surface area contributed by atoms with Crippen LogP contribution in [-0.2, 0) is 4.79 Å². The van der Waals surface area contributed by atoms with Crippen molar-refractivity contribution < 1.29 is 14.6 Å². The lowest BCUT2D eigenvalue weighted by Crippen LogP contribution is -2.36. The molecule has 0 bridgehead atoms. The van der Waals surface area contributed by atoms with Crippen molar-refractivity contribution >= 4 is 5.97 Å². The van der Waals surface area contributed by atoms with Crippen molar-refractivity contribution in [2.24, 2.45) is 11.7 Å². The Bertz CT molecular complexity index is 364. The predicted octanol–water partition coefficient (Wildman–Crippen LogP) is 0.780. The number of carboxylic acids is 1. The van der Waals surface area contributed by atoms with Gasteiger partial charge in [-0.25, -0.2) is 0 Å². The minimum absolute atomic E-state index is 0.146. The molecular weight excluding hydrogens is 182 g/mol.